The summed E-state index contributed by atoms with van der Waals surface area (Å²) < 4.78 is 5.12. The van der Waals surface area contributed by atoms with Gasteiger partial charge in [-0.3, -0.25) is 0 Å². The first-order valence-corrected chi connectivity index (χ1v) is 8.15. The molecule has 0 spiro atoms. The highest BCUT2D eigenvalue weighted by atomic mass is 16.5. The fourth-order valence-electron chi connectivity index (χ4n) is 2.98. The second-order valence-electron chi connectivity index (χ2n) is 6.55. The number of rotatable bonds is 7. The molecule has 21 heavy (non-hydrogen) atoms. The van der Waals surface area contributed by atoms with Gasteiger partial charge in [0.05, 0.1) is 6.61 Å². The molecule has 1 heterocycles. The Morgan fingerprint density at radius 2 is 2.14 bits per heavy atom. The van der Waals surface area contributed by atoms with Gasteiger partial charge in [0.25, 0.3) is 0 Å². The number of nitrogens with zero attached hydrogens (tertiary/aromatic N) is 2. The molecular weight excluding hydrogens is 262 g/mol. The smallest absolute Gasteiger partial charge is 0.131 e. The Morgan fingerprint density at radius 1 is 1.33 bits per heavy atom. The van der Waals surface area contributed by atoms with Crippen LogP contribution in [0, 0.1) is 18.8 Å². The van der Waals surface area contributed by atoms with Crippen LogP contribution >= 0.6 is 0 Å². The van der Waals surface area contributed by atoms with Crippen LogP contribution in [0.15, 0.2) is 0 Å². The first-order valence-electron chi connectivity index (χ1n) is 8.15. The maximum Gasteiger partial charge on any atom is 0.131 e. The molecule has 1 N–H and O–H groups in total. The first kappa shape index (κ1) is 16.4. The van der Waals surface area contributed by atoms with E-state index >= 15 is 0 Å². The molecule has 118 valence electrons. The van der Waals surface area contributed by atoms with Crippen LogP contribution in [0.25, 0.3) is 0 Å². The average Bonchev–Trinajstić information content (AvgIpc) is 2.45. The van der Waals surface area contributed by atoms with E-state index in [9.17, 15) is 0 Å². The highest BCUT2D eigenvalue weighted by molar-refractivity contribution is 5.28. The van der Waals surface area contributed by atoms with Crippen LogP contribution in [0.5, 0.6) is 0 Å². The normalized spacial score (nSPS) is 18.0. The molecule has 0 saturated carbocycles. The molecule has 1 atom stereocenters. The SMILES string of the molecule is COCCc1nc(C)c2c(n1)CCC(CNCC(C)C)C2. The third-order valence-corrected chi connectivity index (χ3v) is 4.14. The first-order chi connectivity index (χ1) is 10.1. The van der Waals surface area contributed by atoms with Crippen LogP contribution in [0.3, 0.4) is 0 Å². The lowest BCUT2D eigenvalue weighted by Crippen LogP contribution is -2.30. The molecule has 0 saturated heterocycles. The van der Waals surface area contributed by atoms with Crippen LogP contribution in [-0.4, -0.2) is 36.8 Å². The average molecular weight is 291 g/mol. The quantitative estimate of drug-likeness (QED) is 0.837. The summed E-state index contributed by atoms with van der Waals surface area (Å²) in [5.74, 6) is 2.38. The summed E-state index contributed by atoms with van der Waals surface area (Å²) in [6.45, 7) is 9.55. The molecule has 1 aromatic heterocycles. The maximum atomic E-state index is 5.12. The van der Waals surface area contributed by atoms with E-state index in [-0.39, 0.29) is 0 Å². The number of aryl methyl sites for hydroxylation is 2. The lowest BCUT2D eigenvalue weighted by molar-refractivity contribution is 0.200. The van der Waals surface area contributed by atoms with Crippen molar-refractivity contribution in [3.8, 4) is 0 Å². The number of hydrogen-bond acceptors (Lipinski definition) is 4. The van der Waals surface area contributed by atoms with E-state index in [1.165, 1.54) is 23.4 Å². The minimum atomic E-state index is 0.694. The zero-order chi connectivity index (χ0) is 15.2. The van der Waals surface area contributed by atoms with Crippen molar-refractivity contribution in [1.82, 2.24) is 15.3 Å². The molecule has 4 heteroatoms. The molecule has 0 radical (unpaired) electrons. The molecular formula is C17H29N3O. The topological polar surface area (TPSA) is 47.0 Å². The Kier molecular flexibility index (Phi) is 6.12. The van der Waals surface area contributed by atoms with E-state index in [1.807, 2.05) is 0 Å². The van der Waals surface area contributed by atoms with Crippen molar-refractivity contribution in [2.24, 2.45) is 11.8 Å². The van der Waals surface area contributed by atoms with Crippen LogP contribution in [0.1, 0.15) is 43.0 Å². The van der Waals surface area contributed by atoms with Gasteiger partial charge in [0.15, 0.2) is 0 Å². The van der Waals surface area contributed by atoms with Gasteiger partial charge in [-0.15, -0.1) is 0 Å². The molecule has 0 amide bonds. The Labute approximate surface area is 128 Å². The second-order valence-corrected chi connectivity index (χ2v) is 6.55. The zero-order valence-electron chi connectivity index (χ0n) is 13.9. The molecule has 0 fully saturated rings. The number of nitrogens with one attached hydrogen (secondary N) is 1. The summed E-state index contributed by atoms with van der Waals surface area (Å²) >= 11 is 0. The van der Waals surface area contributed by atoms with Crippen molar-refractivity contribution < 1.29 is 4.74 Å². The van der Waals surface area contributed by atoms with Crippen LogP contribution in [0.4, 0.5) is 0 Å². The molecule has 4 nitrogen and oxygen atoms in total. The van der Waals surface area contributed by atoms with E-state index in [4.69, 9.17) is 9.72 Å². The summed E-state index contributed by atoms with van der Waals surface area (Å²) in [6, 6.07) is 0. The van der Waals surface area contributed by atoms with Gasteiger partial charge in [-0.1, -0.05) is 13.8 Å². The molecule has 0 aromatic carbocycles. The van der Waals surface area contributed by atoms with E-state index in [1.54, 1.807) is 7.11 Å². The van der Waals surface area contributed by atoms with Gasteiger partial charge < -0.3 is 10.1 Å². The van der Waals surface area contributed by atoms with Crippen LogP contribution in [-0.2, 0) is 24.0 Å². The van der Waals surface area contributed by atoms with Crippen molar-refractivity contribution in [2.75, 3.05) is 26.8 Å². The Morgan fingerprint density at radius 3 is 2.86 bits per heavy atom. The van der Waals surface area contributed by atoms with Gasteiger partial charge in [-0.2, -0.15) is 0 Å². The summed E-state index contributed by atoms with van der Waals surface area (Å²) in [5.41, 5.74) is 3.83. The lowest BCUT2D eigenvalue weighted by atomic mass is 9.85. The maximum absolute atomic E-state index is 5.12. The van der Waals surface area contributed by atoms with Gasteiger partial charge in [-0.05, 0) is 56.7 Å². The summed E-state index contributed by atoms with van der Waals surface area (Å²) in [5, 5.41) is 3.59. The molecule has 0 bridgehead atoms. The molecule has 1 aromatic rings. The second kappa shape index (κ2) is 7.85. The Bertz CT molecular complexity index is 460. The van der Waals surface area contributed by atoms with Crippen molar-refractivity contribution in [3.05, 3.63) is 22.8 Å². The number of methoxy groups -OCH3 is 1. The van der Waals surface area contributed by atoms with Gasteiger partial charge >= 0.3 is 0 Å². The number of hydrogen-bond donors (Lipinski definition) is 1. The summed E-state index contributed by atoms with van der Waals surface area (Å²) in [6.07, 6.45) is 4.26. The van der Waals surface area contributed by atoms with E-state index < -0.39 is 0 Å². The highest BCUT2D eigenvalue weighted by Gasteiger charge is 2.22. The Hall–Kier alpha value is -1.00. The number of ether oxygens (including phenoxy) is 1. The van der Waals surface area contributed by atoms with Crippen LogP contribution in [0.2, 0.25) is 0 Å². The largest absolute Gasteiger partial charge is 0.384 e. The third kappa shape index (κ3) is 4.75. The summed E-state index contributed by atoms with van der Waals surface area (Å²) in [7, 11) is 1.72. The fourth-order valence-corrected chi connectivity index (χ4v) is 2.98. The van der Waals surface area contributed by atoms with Gasteiger partial charge in [0, 0.05) is 24.9 Å². The lowest BCUT2D eigenvalue weighted by Gasteiger charge is -2.26. The van der Waals surface area contributed by atoms with Gasteiger partial charge in [0.2, 0.25) is 0 Å². The zero-order valence-corrected chi connectivity index (χ0v) is 13.9. The monoisotopic (exact) mass is 291 g/mol. The van der Waals surface area contributed by atoms with Crippen molar-refractivity contribution in [3.63, 3.8) is 0 Å². The van der Waals surface area contributed by atoms with Crippen molar-refractivity contribution in [2.45, 2.75) is 46.5 Å². The number of fused-ring (bicyclic) bond motifs is 1. The molecule has 2 rings (SSSR count). The predicted octanol–water partition coefficient (Wildman–Crippen LogP) is 2.32. The molecule has 1 unspecified atom stereocenters. The predicted molar refractivity (Wildman–Crippen MR) is 85.6 cm³/mol. The standard InChI is InChI=1S/C17H29N3O/c1-12(2)10-18-11-14-5-6-16-15(9-14)13(3)19-17(20-16)7-8-21-4/h12,14,18H,5-11H2,1-4H3. The minimum absolute atomic E-state index is 0.694. The highest BCUT2D eigenvalue weighted by Crippen LogP contribution is 2.26. The van der Waals surface area contributed by atoms with Gasteiger partial charge in [-0.25, -0.2) is 9.97 Å². The Balaban J connectivity index is 1.97. The third-order valence-electron chi connectivity index (χ3n) is 4.14. The van der Waals surface area contributed by atoms with Crippen molar-refractivity contribution >= 4 is 0 Å². The van der Waals surface area contributed by atoms with E-state index in [0.29, 0.717) is 12.5 Å². The minimum Gasteiger partial charge on any atom is -0.384 e. The van der Waals surface area contributed by atoms with E-state index in [0.717, 1.165) is 44.1 Å². The summed E-state index contributed by atoms with van der Waals surface area (Å²) in [4.78, 5) is 9.40. The van der Waals surface area contributed by atoms with E-state index in [2.05, 4.69) is 31.1 Å². The fraction of sp³-hybridized carbons (Fsp3) is 0.765. The molecule has 1 aliphatic rings. The van der Waals surface area contributed by atoms with Crippen molar-refractivity contribution in [1.29, 1.82) is 0 Å². The molecule has 1 aliphatic carbocycles. The van der Waals surface area contributed by atoms with Gasteiger partial charge in [0.1, 0.15) is 5.82 Å². The van der Waals surface area contributed by atoms with Crippen LogP contribution < -0.4 is 5.32 Å². The molecule has 0 aliphatic heterocycles. The number of aromatic nitrogens is 2.